The quantitative estimate of drug-likeness (QED) is 0.155. The lowest BCUT2D eigenvalue weighted by Gasteiger charge is -2.31. The molecule has 1 N–H and O–H groups in total. The van der Waals surface area contributed by atoms with Crippen molar-refractivity contribution in [1.29, 1.82) is 0 Å². The predicted octanol–water partition coefficient (Wildman–Crippen LogP) is 9.21. The summed E-state index contributed by atoms with van der Waals surface area (Å²) in [5, 5.41) is 3.91. The number of unbranched alkanes of at least 4 members (excludes halogenated alkanes) is 6. The molecule has 2 nitrogen and oxygen atoms in total. The molecule has 1 rings (SSSR count). The van der Waals surface area contributed by atoms with E-state index < -0.39 is 0 Å². The van der Waals surface area contributed by atoms with Crippen LogP contribution in [0.5, 0.6) is 0 Å². The molecule has 0 bridgehead atoms. The van der Waals surface area contributed by atoms with Crippen molar-refractivity contribution in [2.24, 2.45) is 5.92 Å². The average molecular weight is 487 g/mol. The van der Waals surface area contributed by atoms with Gasteiger partial charge in [-0.2, -0.15) is 0 Å². The fourth-order valence-corrected chi connectivity index (χ4v) is 5.53. The van der Waals surface area contributed by atoms with E-state index in [0.717, 1.165) is 25.3 Å². The van der Waals surface area contributed by atoms with Crippen LogP contribution < -0.4 is 5.32 Å². The summed E-state index contributed by atoms with van der Waals surface area (Å²) in [4.78, 5) is 2.59. The normalized spacial score (nSPS) is 14.4. The molecule has 2 unspecified atom stereocenters. The Kier molecular flexibility index (Phi) is 18.6. The molecule has 0 aliphatic carbocycles. The summed E-state index contributed by atoms with van der Waals surface area (Å²) in [6.07, 6.45) is 21.3. The van der Waals surface area contributed by atoms with Crippen molar-refractivity contribution in [2.45, 2.75) is 143 Å². The Morgan fingerprint density at radius 2 is 1.31 bits per heavy atom. The van der Waals surface area contributed by atoms with Gasteiger partial charge in [0.1, 0.15) is 0 Å². The van der Waals surface area contributed by atoms with Crippen LogP contribution in [-0.4, -0.2) is 37.1 Å². The topological polar surface area (TPSA) is 15.3 Å². The second kappa shape index (κ2) is 20.2. The molecule has 1 aromatic carbocycles. The molecule has 0 aliphatic rings. The number of hydrogen-bond acceptors (Lipinski definition) is 2. The largest absolute Gasteiger partial charge is 0.311 e. The zero-order chi connectivity index (χ0) is 25.8. The molecule has 0 radical (unpaired) electrons. The highest BCUT2D eigenvalue weighted by Gasteiger charge is 2.21. The zero-order valence-corrected chi connectivity index (χ0v) is 24.8. The monoisotopic (exact) mass is 486 g/mol. The number of nitrogens with one attached hydrogen (secondary N) is 1. The van der Waals surface area contributed by atoms with Crippen molar-refractivity contribution < 1.29 is 0 Å². The minimum absolute atomic E-state index is 0.305. The molecule has 0 fully saturated rings. The second-order valence-electron chi connectivity index (χ2n) is 11.6. The molecule has 0 aromatic heterocycles. The van der Waals surface area contributed by atoms with Gasteiger partial charge in [-0.25, -0.2) is 0 Å². The fourth-order valence-electron chi connectivity index (χ4n) is 5.53. The van der Waals surface area contributed by atoms with Crippen molar-refractivity contribution in [3.05, 3.63) is 35.4 Å². The van der Waals surface area contributed by atoms with Gasteiger partial charge in [-0.3, -0.25) is 0 Å². The molecule has 0 aliphatic heterocycles. The fraction of sp³-hybridized carbons (Fsp3) is 0.818. The zero-order valence-electron chi connectivity index (χ0n) is 24.8. The minimum Gasteiger partial charge on any atom is -0.311 e. The minimum atomic E-state index is 0.305. The Hall–Kier alpha value is -0.860. The van der Waals surface area contributed by atoms with Gasteiger partial charge in [0.15, 0.2) is 0 Å². The first-order valence-corrected chi connectivity index (χ1v) is 15.5. The lowest BCUT2D eigenvalue weighted by molar-refractivity contribution is 0.253. The van der Waals surface area contributed by atoms with E-state index in [1.165, 1.54) is 114 Å². The molecule has 35 heavy (non-hydrogen) atoms. The summed E-state index contributed by atoms with van der Waals surface area (Å²) in [5.74, 6) is 0.882. The van der Waals surface area contributed by atoms with Gasteiger partial charge in [0, 0.05) is 18.6 Å². The SMILES string of the molecule is CCCCCCC(CCCC)CN(C)CCc1ccc(CCNC(C)(CCC)CCCCC)cc1. The van der Waals surface area contributed by atoms with E-state index in [-0.39, 0.29) is 0 Å². The third kappa shape index (κ3) is 15.8. The molecule has 0 heterocycles. The first-order chi connectivity index (χ1) is 17.0. The Bertz CT molecular complexity index is 596. The number of rotatable bonds is 23. The van der Waals surface area contributed by atoms with Gasteiger partial charge in [0.25, 0.3) is 0 Å². The van der Waals surface area contributed by atoms with Crippen molar-refractivity contribution >= 4 is 0 Å². The smallest absolute Gasteiger partial charge is 0.0153 e. The summed E-state index contributed by atoms with van der Waals surface area (Å²) in [6, 6.07) is 9.47. The second-order valence-corrected chi connectivity index (χ2v) is 11.6. The maximum absolute atomic E-state index is 3.91. The molecular weight excluding hydrogens is 424 g/mol. The summed E-state index contributed by atoms with van der Waals surface area (Å²) >= 11 is 0. The molecule has 2 atom stereocenters. The molecule has 1 aromatic rings. The number of hydrogen-bond donors (Lipinski definition) is 1. The standard InChI is InChI=1S/C33H62N2/c1-7-11-14-15-18-32(17-13-9-3)29-35(6)28-24-31-21-19-30(20-22-31)23-27-34-33(5,25-10-4)26-16-12-8-2/h19-22,32,34H,7-18,23-29H2,1-6H3. The van der Waals surface area contributed by atoms with Crippen LogP contribution in [0, 0.1) is 5.92 Å². The molecule has 2 heteroatoms. The van der Waals surface area contributed by atoms with E-state index in [9.17, 15) is 0 Å². The van der Waals surface area contributed by atoms with Crippen LogP contribution in [0.4, 0.5) is 0 Å². The van der Waals surface area contributed by atoms with Crippen LogP contribution in [0.2, 0.25) is 0 Å². The summed E-state index contributed by atoms with van der Waals surface area (Å²) < 4.78 is 0. The molecule has 0 amide bonds. The van der Waals surface area contributed by atoms with Gasteiger partial charge in [0.05, 0.1) is 0 Å². The highest BCUT2D eigenvalue weighted by atomic mass is 15.1. The van der Waals surface area contributed by atoms with Gasteiger partial charge >= 0.3 is 0 Å². The van der Waals surface area contributed by atoms with E-state index in [4.69, 9.17) is 0 Å². The molecule has 204 valence electrons. The van der Waals surface area contributed by atoms with Crippen molar-refractivity contribution in [2.75, 3.05) is 26.7 Å². The summed E-state index contributed by atoms with van der Waals surface area (Å²) in [6.45, 7) is 15.2. The van der Waals surface area contributed by atoms with Gasteiger partial charge in [0.2, 0.25) is 0 Å². The number of likely N-dealkylation sites (N-methyl/N-ethyl adjacent to an activating group) is 1. The van der Waals surface area contributed by atoms with E-state index in [1.807, 2.05) is 0 Å². The van der Waals surface area contributed by atoms with Gasteiger partial charge in [-0.15, -0.1) is 0 Å². The third-order valence-electron chi connectivity index (χ3n) is 7.91. The molecular formula is C33H62N2. The number of nitrogens with zero attached hydrogens (tertiary/aromatic N) is 1. The maximum Gasteiger partial charge on any atom is 0.0153 e. The van der Waals surface area contributed by atoms with Crippen molar-refractivity contribution in [3.8, 4) is 0 Å². The molecule has 0 saturated heterocycles. The average Bonchev–Trinajstić information content (AvgIpc) is 2.85. The Balaban J connectivity index is 2.41. The van der Waals surface area contributed by atoms with Gasteiger partial charge in [-0.05, 0) is 76.1 Å². The third-order valence-corrected chi connectivity index (χ3v) is 7.91. The van der Waals surface area contributed by atoms with E-state index in [1.54, 1.807) is 0 Å². The number of benzene rings is 1. The maximum atomic E-state index is 3.91. The Morgan fingerprint density at radius 1 is 0.714 bits per heavy atom. The summed E-state index contributed by atoms with van der Waals surface area (Å²) in [7, 11) is 2.33. The first kappa shape index (κ1) is 32.2. The van der Waals surface area contributed by atoms with Crippen LogP contribution in [0.25, 0.3) is 0 Å². The molecule has 0 spiro atoms. The van der Waals surface area contributed by atoms with Crippen molar-refractivity contribution in [1.82, 2.24) is 10.2 Å². The van der Waals surface area contributed by atoms with E-state index in [0.29, 0.717) is 5.54 Å². The highest BCUT2D eigenvalue weighted by Crippen LogP contribution is 2.21. The molecule has 0 saturated carbocycles. The van der Waals surface area contributed by atoms with Crippen LogP contribution >= 0.6 is 0 Å². The van der Waals surface area contributed by atoms with Gasteiger partial charge in [-0.1, -0.05) is 116 Å². The highest BCUT2D eigenvalue weighted by molar-refractivity contribution is 5.23. The van der Waals surface area contributed by atoms with Gasteiger partial charge < -0.3 is 10.2 Å². The Labute approximate surface area is 221 Å². The lowest BCUT2D eigenvalue weighted by atomic mass is 9.89. The van der Waals surface area contributed by atoms with E-state index >= 15 is 0 Å². The summed E-state index contributed by atoms with van der Waals surface area (Å²) in [5.41, 5.74) is 3.25. The lowest BCUT2D eigenvalue weighted by Crippen LogP contribution is -2.43. The Morgan fingerprint density at radius 3 is 1.94 bits per heavy atom. The van der Waals surface area contributed by atoms with E-state index in [2.05, 4.69) is 76.1 Å². The van der Waals surface area contributed by atoms with Crippen molar-refractivity contribution in [3.63, 3.8) is 0 Å². The van der Waals surface area contributed by atoms with Crippen LogP contribution in [0.15, 0.2) is 24.3 Å². The van der Waals surface area contributed by atoms with Crippen LogP contribution in [0.1, 0.15) is 136 Å². The first-order valence-electron chi connectivity index (χ1n) is 15.5. The van der Waals surface area contributed by atoms with Crippen LogP contribution in [-0.2, 0) is 12.8 Å². The van der Waals surface area contributed by atoms with Crippen LogP contribution in [0.3, 0.4) is 0 Å². The predicted molar refractivity (Wildman–Crippen MR) is 159 cm³/mol.